The minimum Gasteiger partial charge on any atom is -0.398 e. The second-order valence-electron chi connectivity index (χ2n) is 3.88. The van der Waals surface area contributed by atoms with E-state index in [0.717, 1.165) is 5.56 Å². The minimum atomic E-state index is -4.35. The number of aryl methyl sites for hydroxylation is 1. The lowest BCUT2D eigenvalue weighted by atomic mass is 10.1. The molecule has 7 heteroatoms. The summed E-state index contributed by atoms with van der Waals surface area (Å²) in [5.41, 5.74) is 7.58. The van der Waals surface area contributed by atoms with Crippen LogP contribution in [0.2, 0.25) is 0 Å². The van der Waals surface area contributed by atoms with Crippen molar-refractivity contribution in [2.75, 3.05) is 5.73 Å². The van der Waals surface area contributed by atoms with Crippen LogP contribution in [-0.4, -0.2) is 16.3 Å². The second-order valence-corrected chi connectivity index (χ2v) is 3.88. The third-order valence-electron chi connectivity index (χ3n) is 2.35. The zero-order valence-corrected chi connectivity index (χ0v) is 9.45. The van der Waals surface area contributed by atoms with Gasteiger partial charge in [0.25, 0.3) is 5.89 Å². The van der Waals surface area contributed by atoms with Crippen molar-refractivity contribution in [3.63, 3.8) is 0 Å². The van der Waals surface area contributed by atoms with Gasteiger partial charge in [0.2, 0.25) is 0 Å². The van der Waals surface area contributed by atoms with Crippen LogP contribution in [0.4, 0.5) is 18.9 Å². The van der Waals surface area contributed by atoms with Crippen molar-refractivity contribution in [2.45, 2.75) is 19.5 Å². The third-order valence-corrected chi connectivity index (χ3v) is 2.35. The zero-order valence-electron chi connectivity index (χ0n) is 9.45. The molecule has 0 aliphatic heterocycles. The highest BCUT2D eigenvalue weighted by atomic mass is 19.4. The van der Waals surface area contributed by atoms with E-state index in [0.29, 0.717) is 11.3 Å². The highest BCUT2D eigenvalue weighted by Gasteiger charge is 2.30. The number of hydrogen-bond acceptors (Lipinski definition) is 4. The SMILES string of the molecule is Cc1ccc(-c2nc(CC(F)(F)F)no2)cc1N. The Balaban J connectivity index is 2.26. The van der Waals surface area contributed by atoms with E-state index >= 15 is 0 Å². The van der Waals surface area contributed by atoms with Gasteiger partial charge in [0.05, 0.1) is 0 Å². The van der Waals surface area contributed by atoms with Crippen molar-refractivity contribution in [3.8, 4) is 11.5 Å². The molecule has 2 aromatic rings. The van der Waals surface area contributed by atoms with Gasteiger partial charge in [-0.3, -0.25) is 0 Å². The molecule has 1 aromatic carbocycles. The van der Waals surface area contributed by atoms with Gasteiger partial charge in [-0.1, -0.05) is 11.2 Å². The van der Waals surface area contributed by atoms with E-state index in [-0.39, 0.29) is 5.89 Å². The molecule has 2 N–H and O–H groups in total. The van der Waals surface area contributed by atoms with Gasteiger partial charge in [0.1, 0.15) is 6.42 Å². The summed E-state index contributed by atoms with van der Waals surface area (Å²) in [5, 5.41) is 3.28. The lowest BCUT2D eigenvalue weighted by Crippen LogP contribution is -2.12. The van der Waals surface area contributed by atoms with Crippen LogP contribution in [0.25, 0.3) is 11.5 Å². The molecule has 1 aromatic heterocycles. The molecule has 0 saturated carbocycles. The average Bonchev–Trinajstić information content (AvgIpc) is 2.68. The Morgan fingerprint density at radius 2 is 2.06 bits per heavy atom. The molecule has 1 heterocycles. The van der Waals surface area contributed by atoms with Crippen LogP contribution in [-0.2, 0) is 6.42 Å². The normalized spacial score (nSPS) is 11.8. The number of nitrogens with zero attached hydrogens (tertiary/aromatic N) is 2. The van der Waals surface area contributed by atoms with Gasteiger partial charge in [0, 0.05) is 11.3 Å². The molecule has 96 valence electrons. The molecule has 0 unspecified atom stereocenters. The Hall–Kier alpha value is -2.05. The summed E-state index contributed by atoms with van der Waals surface area (Å²) < 4.78 is 41.2. The lowest BCUT2D eigenvalue weighted by molar-refractivity contribution is -0.128. The predicted octanol–water partition coefficient (Wildman–Crippen LogP) is 2.73. The molecule has 0 aliphatic carbocycles. The first kappa shape index (κ1) is 12.4. The van der Waals surface area contributed by atoms with Gasteiger partial charge in [-0.05, 0) is 24.6 Å². The monoisotopic (exact) mass is 257 g/mol. The summed E-state index contributed by atoms with van der Waals surface area (Å²) in [4.78, 5) is 3.68. The van der Waals surface area contributed by atoms with Crippen LogP contribution in [0.3, 0.4) is 0 Å². The summed E-state index contributed by atoms with van der Waals surface area (Å²) in [7, 11) is 0. The van der Waals surface area contributed by atoms with E-state index in [1.165, 1.54) is 0 Å². The fraction of sp³-hybridized carbons (Fsp3) is 0.273. The number of nitrogens with two attached hydrogens (primary N) is 1. The quantitative estimate of drug-likeness (QED) is 0.840. The first-order valence-corrected chi connectivity index (χ1v) is 5.11. The highest BCUT2D eigenvalue weighted by molar-refractivity contribution is 5.62. The molecule has 0 fully saturated rings. The number of nitrogen functional groups attached to an aromatic ring is 1. The zero-order chi connectivity index (χ0) is 13.3. The van der Waals surface area contributed by atoms with E-state index < -0.39 is 18.4 Å². The van der Waals surface area contributed by atoms with Gasteiger partial charge in [-0.2, -0.15) is 18.2 Å². The smallest absolute Gasteiger partial charge is 0.396 e. The number of rotatable bonds is 2. The Kier molecular flexibility index (Phi) is 2.98. The van der Waals surface area contributed by atoms with E-state index in [1.54, 1.807) is 18.2 Å². The molecule has 2 rings (SSSR count). The molecule has 0 saturated heterocycles. The van der Waals surface area contributed by atoms with Gasteiger partial charge < -0.3 is 10.3 Å². The van der Waals surface area contributed by atoms with Gasteiger partial charge in [-0.15, -0.1) is 0 Å². The second kappa shape index (κ2) is 4.32. The molecular formula is C11H10F3N3O. The topological polar surface area (TPSA) is 64.9 Å². The summed E-state index contributed by atoms with van der Waals surface area (Å²) in [6.45, 7) is 1.82. The van der Waals surface area contributed by atoms with Crippen LogP contribution in [0.5, 0.6) is 0 Å². The fourth-order valence-electron chi connectivity index (χ4n) is 1.40. The van der Waals surface area contributed by atoms with E-state index in [4.69, 9.17) is 10.3 Å². The van der Waals surface area contributed by atoms with E-state index in [1.807, 2.05) is 6.92 Å². The van der Waals surface area contributed by atoms with Crippen molar-refractivity contribution in [1.29, 1.82) is 0 Å². The van der Waals surface area contributed by atoms with E-state index in [9.17, 15) is 13.2 Å². The van der Waals surface area contributed by atoms with Crippen molar-refractivity contribution in [3.05, 3.63) is 29.6 Å². The number of anilines is 1. The molecular weight excluding hydrogens is 247 g/mol. The molecule has 0 atom stereocenters. The molecule has 0 bridgehead atoms. The number of alkyl halides is 3. The lowest BCUT2D eigenvalue weighted by Gasteiger charge is -2.01. The van der Waals surface area contributed by atoms with Crippen molar-refractivity contribution in [1.82, 2.24) is 10.1 Å². The maximum atomic E-state index is 12.1. The maximum Gasteiger partial charge on any atom is 0.396 e. The van der Waals surface area contributed by atoms with Gasteiger partial charge >= 0.3 is 6.18 Å². The average molecular weight is 257 g/mol. The Morgan fingerprint density at radius 1 is 1.33 bits per heavy atom. The first-order chi connectivity index (χ1) is 8.35. The van der Waals surface area contributed by atoms with Crippen LogP contribution < -0.4 is 5.73 Å². The fourth-order valence-corrected chi connectivity index (χ4v) is 1.40. The number of halogens is 3. The van der Waals surface area contributed by atoms with Crippen LogP contribution >= 0.6 is 0 Å². The van der Waals surface area contributed by atoms with Crippen molar-refractivity contribution < 1.29 is 17.7 Å². The summed E-state index contributed by atoms with van der Waals surface area (Å²) in [6.07, 6.45) is -5.56. The Morgan fingerprint density at radius 3 is 2.67 bits per heavy atom. The Labute approximate surface area is 101 Å². The number of aromatic nitrogens is 2. The van der Waals surface area contributed by atoms with Gasteiger partial charge in [-0.25, -0.2) is 0 Å². The van der Waals surface area contributed by atoms with Crippen LogP contribution in [0.1, 0.15) is 11.4 Å². The molecule has 4 nitrogen and oxygen atoms in total. The number of benzene rings is 1. The highest BCUT2D eigenvalue weighted by Crippen LogP contribution is 2.24. The summed E-state index contributed by atoms with van der Waals surface area (Å²) in [6, 6.07) is 4.98. The first-order valence-electron chi connectivity index (χ1n) is 5.11. The van der Waals surface area contributed by atoms with Crippen molar-refractivity contribution in [2.24, 2.45) is 0 Å². The van der Waals surface area contributed by atoms with Gasteiger partial charge in [0.15, 0.2) is 5.82 Å². The standard InChI is InChI=1S/C11H10F3N3O/c1-6-2-3-7(4-8(6)15)10-16-9(17-18-10)5-11(12,13)14/h2-4H,5,15H2,1H3. The summed E-state index contributed by atoms with van der Waals surface area (Å²) in [5.74, 6) is -0.363. The minimum absolute atomic E-state index is 0.0287. The predicted molar refractivity (Wildman–Crippen MR) is 58.6 cm³/mol. The molecule has 0 radical (unpaired) electrons. The Bertz CT molecular complexity index is 563. The number of hydrogen-bond donors (Lipinski definition) is 1. The maximum absolute atomic E-state index is 12.1. The summed E-state index contributed by atoms with van der Waals surface area (Å²) >= 11 is 0. The molecule has 18 heavy (non-hydrogen) atoms. The van der Waals surface area contributed by atoms with Crippen molar-refractivity contribution >= 4 is 5.69 Å². The molecule has 0 amide bonds. The van der Waals surface area contributed by atoms with Crippen LogP contribution in [0, 0.1) is 6.92 Å². The molecule has 0 aliphatic rings. The van der Waals surface area contributed by atoms with Crippen LogP contribution in [0.15, 0.2) is 22.7 Å². The van der Waals surface area contributed by atoms with E-state index in [2.05, 4.69) is 10.1 Å². The third kappa shape index (κ3) is 2.79. The molecule has 0 spiro atoms. The largest absolute Gasteiger partial charge is 0.398 e.